The fraction of sp³-hybridized carbons (Fsp3) is 0.447. The topological polar surface area (TPSA) is 140 Å². The van der Waals surface area contributed by atoms with E-state index in [4.69, 9.17) is 37.4 Å². The summed E-state index contributed by atoms with van der Waals surface area (Å²) in [5, 5.41) is 6.69. The molecule has 2 amide bonds. The zero-order valence-electron chi connectivity index (χ0n) is 30.5. The predicted molar refractivity (Wildman–Crippen MR) is 203 cm³/mol. The van der Waals surface area contributed by atoms with Gasteiger partial charge in [0.25, 0.3) is 6.01 Å². The first kappa shape index (κ1) is 38.3. The Kier molecular flexibility index (Phi) is 11.8. The first-order valence-corrected chi connectivity index (χ1v) is 18.4. The summed E-state index contributed by atoms with van der Waals surface area (Å²) in [5.41, 5.74) is 2.38. The van der Waals surface area contributed by atoms with Gasteiger partial charge >= 0.3 is 5.97 Å². The molecule has 282 valence electrons. The zero-order valence-corrected chi connectivity index (χ0v) is 32.0. The zero-order chi connectivity index (χ0) is 37.9. The van der Waals surface area contributed by atoms with E-state index in [-0.39, 0.29) is 30.1 Å². The minimum absolute atomic E-state index is 0.0143. The molecule has 2 saturated heterocycles. The number of aromatic nitrogens is 3. The Hall–Kier alpha value is -4.43. The number of ether oxygens (including phenoxy) is 3. The van der Waals surface area contributed by atoms with Gasteiger partial charge in [-0.3, -0.25) is 28.8 Å². The minimum Gasteiger partial charge on any atom is -0.486 e. The number of nitrogens with one attached hydrogen (secondary N) is 2. The molecule has 3 atom stereocenters. The molecule has 0 radical (unpaired) electrons. The first-order chi connectivity index (χ1) is 25.4. The molecule has 3 unspecified atom stereocenters. The number of halogens is 2. The summed E-state index contributed by atoms with van der Waals surface area (Å²) in [5.74, 6) is -1.38. The fourth-order valence-electron chi connectivity index (χ4n) is 6.94. The number of carbonyl (C=O) groups excluding carboxylic acids is 3. The normalized spacial score (nSPS) is 19.0. The van der Waals surface area contributed by atoms with E-state index in [1.807, 2.05) is 55.7 Å². The van der Waals surface area contributed by atoms with Crippen molar-refractivity contribution >= 4 is 57.7 Å². The highest BCUT2D eigenvalue weighted by Crippen LogP contribution is 2.36. The van der Waals surface area contributed by atoms with Crippen LogP contribution >= 0.6 is 23.2 Å². The molecular formula is C38H45Cl2N7O6. The molecule has 0 spiro atoms. The molecule has 2 aliphatic heterocycles. The van der Waals surface area contributed by atoms with Gasteiger partial charge in [-0.1, -0.05) is 35.3 Å². The van der Waals surface area contributed by atoms with Crippen LogP contribution in [0.4, 0.5) is 5.69 Å². The number of hydrogen-bond donors (Lipinski definition) is 2. The van der Waals surface area contributed by atoms with Crippen LogP contribution in [-0.4, -0.2) is 95.2 Å². The predicted octanol–water partition coefficient (Wildman–Crippen LogP) is 4.85. The Morgan fingerprint density at radius 3 is 2.58 bits per heavy atom. The van der Waals surface area contributed by atoms with Crippen molar-refractivity contribution in [1.82, 2.24) is 30.1 Å². The second kappa shape index (κ2) is 16.3. The molecule has 0 bridgehead atoms. The number of likely N-dealkylation sites (tertiary alicyclic amines) is 1. The number of nitrogens with zero attached hydrogens (tertiary/aromatic N) is 5. The Labute approximate surface area is 318 Å². The lowest BCUT2D eigenvalue weighted by Crippen LogP contribution is -2.52. The standard InChI is InChI=1S/C38H45Cl2N7O6/c1-38(2,3)53-36(50)34-25(15-18-46(34)24-14-17-41-19-24)35(49)43-20-31(48)45(4)28-13-12-27(39)26(32(28)40)22-52-30-11-8-10-29-33(30)44-37(51-5)47(29)21-23-9-6-7-16-42-23/h6-13,16,24-25,34,41H,14-15,17-22H2,1-5H3,(H,43,49). The van der Waals surface area contributed by atoms with E-state index in [1.54, 1.807) is 38.6 Å². The summed E-state index contributed by atoms with van der Waals surface area (Å²) in [6.45, 7) is 7.74. The Morgan fingerprint density at radius 1 is 1.08 bits per heavy atom. The van der Waals surface area contributed by atoms with Crippen LogP contribution in [0.15, 0.2) is 54.7 Å². The van der Waals surface area contributed by atoms with Gasteiger partial charge in [-0.05, 0) is 76.6 Å². The van der Waals surface area contributed by atoms with Crippen LogP contribution < -0.4 is 25.0 Å². The number of methoxy groups -OCH3 is 1. The van der Waals surface area contributed by atoms with E-state index in [1.165, 1.54) is 4.90 Å². The van der Waals surface area contributed by atoms with Crippen molar-refractivity contribution in [3.05, 3.63) is 76.0 Å². The maximum absolute atomic E-state index is 13.6. The summed E-state index contributed by atoms with van der Waals surface area (Å²) in [6, 6.07) is 14.4. The molecule has 15 heteroatoms. The maximum Gasteiger partial charge on any atom is 0.324 e. The SMILES string of the molecule is COc1nc2c(OCc3c(Cl)ccc(N(C)C(=O)CNC(=O)C4CCN(C5CCNC5)C4C(=O)OC(C)(C)C)c3Cl)cccc2n1Cc1ccccn1. The summed E-state index contributed by atoms with van der Waals surface area (Å²) < 4.78 is 19.5. The maximum atomic E-state index is 13.6. The molecular weight excluding hydrogens is 721 g/mol. The highest BCUT2D eigenvalue weighted by molar-refractivity contribution is 6.38. The second-order valence-electron chi connectivity index (χ2n) is 14.2. The van der Waals surface area contributed by atoms with Crippen molar-refractivity contribution in [1.29, 1.82) is 0 Å². The molecule has 2 aliphatic rings. The van der Waals surface area contributed by atoms with Crippen molar-refractivity contribution in [2.75, 3.05) is 45.2 Å². The van der Waals surface area contributed by atoms with Gasteiger partial charge in [0.1, 0.15) is 29.5 Å². The van der Waals surface area contributed by atoms with Gasteiger partial charge in [-0.2, -0.15) is 4.98 Å². The molecule has 2 fully saturated rings. The van der Waals surface area contributed by atoms with E-state index in [0.717, 1.165) is 30.7 Å². The van der Waals surface area contributed by atoms with E-state index >= 15 is 0 Å². The number of carbonyl (C=O) groups is 3. The average molecular weight is 767 g/mol. The number of esters is 1. The number of para-hydroxylation sites is 1. The molecule has 0 saturated carbocycles. The fourth-order valence-corrected chi connectivity index (χ4v) is 7.54. The van der Waals surface area contributed by atoms with Crippen LogP contribution in [-0.2, 0) is 32.3 Å². The van der Waals surface area contributed by atoms with Crippen LogP contribution in [0, 0.1) is 5.92 Å². The number of likely N-dealkylation sites (N-methyl/N-ethyl adjacent to an activating group) is 1. The van der Waals surface area contributed by atoms with Gasteiger partial charge in [0.15, 0.2) is 0 Å². The lowest BCUT2D eigenvalue weighted by molar-refractivity contribution is -0.164. The van der Waals surface area contributed by atoms with Gasteiger partial charge in [0.05, 0.1) is 48.0 Å². The average Bonchev–Trinajstić information content (AvgIpc) is 3.89. The molecule has 13 nitrogen and oxygen atoms in total. The summed E-state index contributed by atoms with van der Waals surface area (Å²) in [7, 11) is 3.13. The molecule has 6 rings (SSSR count). The first-order valence-electron chi connectivity index (χ1n) is 17.6. The third-order valence-electron chi connectivity index (χ3n) is 9.55. The second-order valence-corrected chi connectivity index (χ2v) is 15.0. The van der Waals surface area contributed by atoms with E-state index in [2.05, 4.69) is 25.5 Å². The van der Waals surface area contributed by atoms with Gasteiger partial charge in [0.2, 0.25) is 11.8 Å². The molecule has 2 aromatic carbocycles. The molecule has 4 heterocycles. The van der Waals surface area contributed by atoms with Crippen molar-refractivity contribution in [3.8, 4) is 11.8 Å². The van der Waals surface area contributed by atoms with E-state index in [9.17, 15) is 14.4 Å². The number of pyridine rings is 1. The summed E-state index contributed by atoms with van der Waals surface area (Å²) in [4.78, 5) is 52.9. The number of rotatable bonds is 12. The molecule has 4 aromatic rings. The minimum atomic E-state index is -0.734. The third kappa shape index (κ3) is 8.54. The Morgan fingerprint density at radius 2 is 1.89 bits per heavy atom. The highest BCUT2D eigenvalue weighted by Gasteiger charge is 2.48. The van der Waals surface area contributed by atoms with Gasteiger partial charge < -0.3 is 29.7 Å². The van der Waals surface area contributed by atoms with Crippen LogP contribution in [0.2, 0.25) is 10.0 Å². The molecule has 53 heavy (non-hydrogen) atoms. The number of hydrogen-bond acceptors (Lipinski definition) is 10. The van der Waals surface area contributed by atoms with Gasteiger partial charge in [-0.25, -0.2) is 0 Å². The highest BCUT2D eigenvalue weighted by atomic mass is 35.5. The van der Waals surface area contributed by atoms with Gasteiger partial charge in [0, 0.05) is 43.0 Å². The quantitative estimate of drug-likeness (QED) is 0.193. The number of benzene rings is 2. The van der Waals surface area contributed by atoms with Gasteiger partial charge in [-0.15, -0.1) is 0 Å². The molecule has 2 N–H and O–H groups in total. The summed E-state index contributed by atoms with van der Waals surface area (Å²) >= 11 is 13.5. The van der Waals surface area contributed by atoms with Crippen LogP contribution in [0.3, 0.4) is 0 Å². The number of imidazole rings is 1. The van der Waals surface area contributed by atoms with Crippen molar-refractivity contribution in [2.24, 2.45) is 5.92 Å². The smallest absolute Gasteiger partial charge is 0.324 e. The number of anilines is 1. The third-order valence-corrected chi connectivity index (χ3v) is 10.3. The Bertz CT molecular complexity index is 1960. The number of fused-ring (bicyclic) bond motifs is 1. The van der Waals surface area contributed by atoms with Crippen LogP contribution in [0.1, 0.15) is 44.9 Å². The number of amides is 2. The van der Waals surface area contributed by atoms with Crippen molar-refractivity contribution < 1.29 is 28.6 Å². The largest absolute Gasteiger partial charge is 0.486 e. The molecule has 0 aliphatic carbocycles. The van der Waals surface area contributed by atoms with Crippen molar-refractivity contribution in [2.45, 2.75) is 64.4 Å². The van der Waals surface area contributed by atoms with E-state index < -0.39 is 29.4 Å². The monoisotopic (exact) mass is 765 g/mol. The lowest BCUT2D eigenvalue weighted by Gasteiger charge is -2.32. The molecule has 2 aromatic heterocycles. The van der Waals surface area contributed by atoms with Crippen LogP contribution in [0.25, 0.3) is 11.0 Å². The van der Waals surface area contributed by atoms with Crippen molar-refractivity contribution in [3.63, 3.8) is 0 Å². The lowest BCUT2D eigenvalue weighted by atomic mass is 9.98. The van der Waals surface area contributed by atoms with Crippen LogP contribution in [0.5, 0.6) is 11.8 Å². The van der Waals surface area contributed by atoms with E-state index in [0.29, 0.717) is 53.1 Å². The Balaban J connectivity index is 1.13. The summed E-state index contributed by atoms with van der Waals surface area (Å²) in [6.07, 6.45) is 3.10.